The Morgan fingerprint density at radius 3 is 2.56 bits per heavy atom. The second-order valence-electron chi connectivity index (χ2n) is 5.36. The van der Waals surface area contributed by atoms with E-state index in [-0.39, 0.29) is 11.4 Å². The molecule has 1 rings (SSSR count). The Labute approximate surface area is 109 Å². The lowest BCUT2D eigenvalue weighted by Gasteiger charge is -2.26. The van der Waals surface area contributed by atoms with Crippen molar-refractivity contribution in [2.24, 2.45) is 5.73 Å². The summed E-state index contributed by atoms with van der Waals surface area (Å²) in [6.45, 7) is 7.68. The largest absolute Gasteiger partial charge is 0.491 e. The Bertz CT molecular complexity index is 388. The molecule has 0 atom stereocenters. The van der Waals surface area contributed by atoms with Gasteiger partial charge in [-0.3, -0.25) is 0 Å². The lowest BCUT2D eigenvalue weighted by Crippen LogP contribution is -2.43. The number of nitrogens with zero attached hydrogens (tertiary/aromatic N) is 1. The number of hydrogen-bond donors (Lipinski definition) is 1. The van der Waals surface area contributed by atoms with Crippen LogP contribution in [0, 0.1) is 5.82 Å². The van der Waals surface area contributed by atoms with Crippen molar-refractivity contribution in [3.05, 3.63) is 29.6 Å². The molecule has 0 aliphatic rings. The van der Waals surface area contributed by atoms with E-state index in [1.165, 1.54) is 6.07 Å². The molecule has 0 saturated heterocycles. The van der Waals surface area contributed by atoms with E-state index in [1.54, 1.807) is 6.07 Å². The molecule has 4 heteroatoms. The summed E-state index contributed by atoms with van der Waals surface area (Å²) in [5, 5.41) is 0. The van der Waals surface area contributed by atoms with Crippen LogP contribution in [0.4, 0.5) is 4.39 Å². The summed E-state index contributed by atoms with van der Waals surface area (Å²) < 4.78 is 18.8. The topological polar surface area (TPSA) is 38.5 Å². The smallest absolute Gasteiger partial charge is 0.165 e. The maximum Gasteiger partial charge on any atom is 0.165 e. The highest BCUT2D eigenvalue weighted by molar-refractivity contribution is 5.29. The van der Waals surface area contributed by atoms with E-state index in [4.69, 9.17) is 10.5 Å². The van der Waals surface area contributed by atoms with Crippen molar-refractivity contribution < 1.29 is 9.13 Å². The van der Waals surface area contributed by atoms with Crippen LogP contribution in [-0.4, -0.2) is 30.6 Å². The second-order valence-corrected chi connectivity index (χ2v) is 5.36. The van der Waals surface area contributed by atoms with Crippen molar-refractivity contribution in [2.75, 3.05) is 20.2 Å². The molecule has 0 aliphatic carbocycles. The Kier molecular flexibility index (Phi) is 5.11. The summed E-state index contributed by atoms with van der Waals surface area (Å²) >= 11 is 0. The molecular weight excluding hydrogens is 231 g/mol. The maximum absolute atomic E-state index is 13.7. The van der Waals surface area contributed by atoms with Crippen molar-refractivity contribution in [1.82, 2.24) is 4.90 Å². The number of hydrogen-bond acceptors (Lipinski definition) is 3. The van der Waals surface area contributed by atoms with Gasteiger partial charge in [-0.2, -0.15) is 0 Å². The van der Waals surface area contributed by atoms with Gasteiger partial charge >= 0.3 is 0 Å². The van der Waals surface area contributed by atoms with Crippen molar-refractivity contribution in [1.29, 1.82) is 0 Å². The quantitative estimate of drug-likeness (QED) is 0.847. The van der Waals surface area contributed by atoms with E-state index in [2.05, 4.69) is 4.90 Å². The molecule has 1 aromatic carbocycles. The van der Waals surface area contributed by atoms with Gasteiger partial charge in [0.25, 0.3) is 0 Å². The normalized spacial score (nSPS) is 11.9. The standard InChI is InChI=1S/C14H23FN2O/c1-5-18-13-7-6-11(8-12(13)15)9-17(4)10-14(2,3)16/h6-8H,5,9-10,16H2,1-4H3. The molecule has 0 heterocycles. The zero-order chi connectivity index (χ0) is 13.8. The molecule has 0 radical (unpaired) electrons. The van der Waals surface area contributed by atoms with E-state index in [9.17, 15) is 4.39 Å². The van der Waals surface area contributed by atoms with Gasteiger partial charge in [-0.15, -0.1) is 0 Å². The van der Waals surface area contributed by atoms with E-state index in [0.29, 0.717) is 18.9 Å². The molecule has 0 fully saturated rings. The molecule has 1 aromatic rings. The first-order chi connectivity index (χ1) is 8.31. The summed E-state index contributed by atoms with van der Waals surface area (Å²) in [4.78, 5) is 2.08. The summed E-state index contributed by atoms with van der Waals surface area (Å²) in [6.07, 6.45) is 0. The highest BCUT2D eigenvalue weighted by Crippen LogP contribution is 2.19. The van der Waals surface area contributed by atoms with E-state index >= 15 is 0 Å². The molecule has 0 amide bonds. The van der Waals surface area contributed by atoms with Gasteiger partial charge in [-0.1, -0.05) is 6.07 Å². The van der Waals surface area contributed by atoms with Crippen LogP contribution in [0.15, 0.2) is 18.2 Å². The summed E-state index contributed by atoms with van der Waals surface area (Å²) in [5.74, 6) is -0.00202. The average Bonchev–Trinajstić information content (AvgIpc) is 2.19. The van der Waals surface area contributed by atoms with Crippen molar-refractivity contribution in [2.45, 2.75) is 32.9 Å². The Hall–Kier alpha value is -1.13. The molecule has 2 N–H and O–H groups in total. The molecule has 0 unspecified atom stereocenters. The zero-order valence-electron chi connectivity index (χ0n) is 11.7. The molecule has 3 nitrogen and oxygen atoms in total. The third-order valence-corrected chi connectivity index (χ3v) is 2.43. The van der Waals surface area contributed by atoms with Gasteiger partial charge in [0, 0.05) is 18.6 Å². The van der Waals surface area contributed by atoms with Gasteiger partial charge < -0.3 is 15.4 Å². The minimum Gasteiger partial charge on any atom is -0.491 e. The predicted molar refractivity (Wildman–Crippen MR) is 72.2 cm³/mol. The van der Waals surface area contributed by atoms with Gasteiger partial charge in [0.1, 0.15) is 0 Å². The fraction of sp³-hybridized carbons (Fsp3) is 0.571. The molecule has 0 saturated carbocycles. The monoisotopic (exact) mass is 254 g/mol. The van der Waals surface area contributed by atoms with Crippen LogP contribution in [0.5, 0.6) is 5.75 Å². The van der Waals surface area contributed by atoms with Gasteiger partial charge in [0.05, 0.1) is 6.61 Å². The predicted octanol–water partition coefficient (Wildman–Crippen LogP) is 2.39. The number of halogens is 1. The van der Waals surface area contributed by atoms with Gasteiger partial charge in [-0.25, -0.2) is 4.39 Å². The molecule has 0 bridgehead atoms. The van der Waals surface area contributed by atoms with E-state index in [0.717, 1.165) is 12.1 Å². The fourth-order valence-electron chi connectivity index (χ4n) is 1.98. The minimum atomic E-state index is -0.310. The first kappa shape index (κ1) is 14.9. The zero-order valence-corrected chi connectivity index (χ0v) is 11.7. The van der Waals surface area contributed by atoms with Crippen LogP contribution < -0.4 is 10.5 Å². The summed E-state index contributed by atoms with van der Waals surface area (Å²) in [6, 6.07) is 5.08. The molecule has 0 spiro atoms. The van der Waals surface area contributed by atoms with Crippen LogP contribution in [0.1, 0.15) is 26.3 Å². The van der Waals surface area contributed by atoms with Crippen LogP contribution >= 0.6 is 0 Å². The number of rotatable bonds is 6. The minimum absolute atomic E-state index is 0.251. The van der Waals surface area contributed by atoms with Gasteiger partial charge in [-0.05, 0) is 45.5 Å². The Balaban J connectivity index is 2.65. The number of nitrogens with two attached hydrogens (primary N) is 1. The SMILES string of the molecule is CCOc1ccc(CN(C)CC(C)(C)N)cc1F. The highest BCUT2D eigenvalue weighted by atomic mass is 19.1. The van der Waals surface area contributed by atoms with Crippen LogP contribution in [0.3, 0.4) is 0 Å². The number of ether oxygens (including phenoxy) is 1. The Morgan fingerprint density at radius 1 is 1.39 bits per heavy atom. The van der Waals surface area contributed by atoms with Crippen LogP contribution in [0.25, 0.3) is 0 Å². The molecule has 102 valence electrons. The summed E-state index contributed by atoms with van der Waals surface area (Å²) in [7, 11) is 1.98. The highest BCUT2D eigenvalue weighted by Gasteiger charge is 2.14. The molecular formula is C14H23FN2O. The fourth-order valence-corrected chi connectivity index (χ4v) is 1.98. The van der Waals surface area contributed by atoms with Gasteiger partial charge in [0.2, 0.25) is 0 Å². The lowest BCUT2D eigenvalue weighted by atomic mass is 10.1. The third-order valence-electron chi connectivity index (χ3n) is 2.43. The number of likely N-dealkylation sites (N-methyl/N-ethyl adjacent to an activating group) is 1. The molecule has 0 aromatic heterocycles. The van der Waals surface area contributed by atoms with E-state index in [1.807, 2.05) is 33.9 Å². The van der Waals surface area contributed by atoms with Crippen LogP contribution in [0.2, 0.25) is 0 Å². The lowest BCUT2D eigenvalue weighted by molar-refractivity contribution is 0.262. The number of benzene rings is 1. The first-order valence-corrected chi connectivity index (χ1v) is 6.20. The summed E-state index contributed by atoms with van der Waals surface area (Å²) in [5.41, 5.74) is 6.62. The van der Waals surface area contributed by atoms with Crippen molar-refractivity contribution in [3.63, 3.8) is 0 Å². The average molecular weight is 254 g/mol. The third kappa shape index (κ3) is 5.02. The first-order valence-electron chi connectivity index (χ1n) is 6.20. The Morgan fingerprint density at radius 2 is 2.06 bits per heavy atom. The molecule has 18 heavy (non-hydrogen) atoms. The maximum atomic E-state index is 13.7. The van der Waals surface area contributed by atoms with Crippen LogP contribution in [-0.2, 0) is 6.54 Å². The van der Waals surface area contributed by atoms with Crippen molar-refractivity contribution >= 4 is 0 Å². The van der Waals surface area contributed by atoms with Gasteiger partial charge in [0.15, 0.2) is 11.6 Å². The van der Waals surface area contributed by atoms with Crippen molar-refractivity contribution in [3.8, 4) is 5.75 Å². The second kappa shape index (κ2) is 6.16. The van der Waals surface area contributed by atoms with E-state index < -0.39 is 0 Å². The molecule has 0 aliphatic heterocycles.